The lowest BCUT2D eigenvalue weighted by molar-refractivity contribution is -0.123. The van der Waals surface area contributed by atoms with E-state index in [-0.39, 0.29) is 17.6 Å². The monoisotopic (exact) mass is 338 g/mol. The third-order valence-electron chi connectivity index (χ3n) is 4.43. The summed E-state index contributed by atoms with van der Waals surface area (Å²) in [6, 6.07) is 9.54. The average Bonchev–Trinajstić information content (AvgIpc) is 2.59. The second kappa shape index (κ2) is 7.93. The molecule has 5 nitrogen and oxygen atoms in total. The summed E-state index contributed by atoms with van der Waals surface area (Å²) in [5.74, 6) is 0.186. The maximum atomic E-state index is 12.6. The lowest BCUT2D eigenvalue weighted by Gasteiger charge is -2.32. The van der Waals surface area contributed by atoms with E-state index >= 15 is 0 Å². The number of anilines is 1. The van der Waals surface area contributed by atoms with Crippen LogP contribution < -0.4 is 4.90 Å². The van der Waals surface area contributed by atoms with E-state index in [0.717, 1.165) is 12.1 Å². The Morgan fingerprint density at radius 1 is 1.22 bits per heavy atom. The van der Waals surface area contributed by atoms with Crippen LogP contribution in [0.25, 0.3) is 0 Å². The molecule has 1 heterocycles. The Hall–Kier alpha value is -1.40. The molecule has 1 aliphatic heterocycles. The van der Waals surface area contributed by atoms with Crippen LogP contribution >= 0.6 is 0 Å². The van der Waals surface area contributed by atoms with E-state index in [9.17, 15) is 13.2 Å². The Labute approximate surface area is 139 Å². The number of benzene rings is 1. The van der Waals surface area contributed by atoms with Crippen LogP contribution in [-0.4, -0.2) is 44.5 Å². The summed E-state index contributed by atoms with van der Waals surface area (Å²) in [5, 5.41) is 0. The van der Waals surface area contributed by atoms with Crippen molar-refractivity contribution in [1.29, 1.82) is 0 Å². The number of hydrogen-bond acceptors (Lipinski definition) is 3. The van der Waals surface area contributed by atoms with Crippen LogP contribution in [0.2, 0.25) is 0 Å². The van der Waals surface area contributed by atoms with Gasteiger partial charge in [0, 0.05) is 31.7 Å². The highest BCUT2D eigenvalue weighted by Crippen LogP contribution is 2.24. The average molecular weight is 338 g/mol. The lowest BCUT2D eigenvalue weighted by Crippen LogP contribution is -2.44. The maximum absolute atomic E-state index is 12.6. The van der Waals surface area contributed by atoms with E-state index in [1.54, 1.807) is 16.3 Å². The Morgan fingerprint density at radius 3 is 2.39 bits per heavy atom. The van der Waals surface area contributed by atoms with Gasteiger partial charge in [-0.05, 0) is 31.4 Å². The fourth-order valence-electron chi connectivity index (χ4n) is 2.89. The number of carbonyl (C=O) groups excluding carboxylic acids is 1. The molecule has 0 unspecified atom stereocenters. The topological polar surface area (TPSA) is 57.7 Å². The van der Waals surface area contributed by atoms with Crippen LogP contribution in [0, 0.1) is 5.92 Å². The molecule has 1 amide bonds. The predicted molar refractivity (Wildman–Crippen MR) is 92.8 cm³/mol. The number of amides is 1. The van der Waals surface area contributed by atoms with Gasteiger partial charge >= 0.3 is 0 Å². The Morgan fingerprint density at radius 2 is 1.83 bits per heavy atom. The van der Waals surface area contributed by atoms with Gasteiger partial charge in [0.25, 0.3) is 0 Å². The second-order valence-electron chi connectivity index (χ2n) is 6.08. The molecule has 23 heavy (non-hydrogen) atoms. The van der Waals surface area contributed by atoms with E-state index in [0.29, 0.717) is 32.4 Å². The smallest absolute Gasteiger partial charge is 0.229 e. The van der Waals surface area contributed by atoms with Crippen molar-refractivity contribution in [3.63, 3.8) is 0 Å². The van der Waals surface area contributed by atoms with Crippen molar-refractivity contribution >= 4 is 21.6 Å². The molecule has 0 aromatic heterocycles. The first kappa shape index (κ1) is 17.9. The zero-order valence-electron chi connectivity index (χ0n) is 13.9. The largest absolute Gasteiger partial charge is 0.315 e. The number of nitrogens with zero attached hydrogens (tertiary/aromatic N) is 2. The molecule has 0 aliphatic carbocycles. The molecule has 128 valence electrons. The second-order valence-corrected chi connectivity index (χ2v) is 8.16. The van der Waals surface area contributed by atoms with Gasteiger partial charge < -0.3 is 4.90 Å². The highest BCUT2D eigenvalue weighted by atomic mass is 32.2. The maximum Gasteiger partial charge on any atom is 0.229 e. The zero-order chi connectivity index (χ0) is 16.9. The first-order chi connectivity index (χ1) is 11.0. The van der Waals surface area contributed by atoms with Gasteiger partial charge in [-0.1, -0.05) is 31.5 Å². The number of hydrogen-bond donors (Lipinski definition) is 0. The van der Waals surface area contributed by atoms with Crippen LogP contribution in [0.15, 0.2) is 30.3 Å². The van der Waals surface area contributed by atoms with E-state index < -0.39 is 10.0 Å². The molecular weight excluding hydrogens is 312 g/mol. The highest BCUT2D eigenvalue weighted by Gasteiger charge is 2.32. The predicted octanol–water partition coefficient (Wildman–Crippen LogP) is 2.49. The summed E-state index contributed by atoms with van der Waals surface area (Å²) in [6.45, 7) is 2.88. The summed E-state index contributed by atoms with van der Waals surface area (Å²) in [7, 11) is -1.38. The van der Waals surface area contributed by atoms with Gasteiger partial charge in [0.05, 0.1) is 5.75 Å². The molecule has 0 spiro atoms. The fourth-order valence-corrected chi connectivity index (χ4v) is 4.57. The van der Waals surface area contributed by atoms with Crippen LogP contribution in [0.1, 0.15) is 32.6 Å². The molecule has 0 radical (unpaired) electrons. The van der Waals surface area contributed by atoms with E-state index in [1.165, 1.54) is 0 Å². The third kappa shape index (κ3) is 4.54. The highest BCUT2D eigenvalue weighted by molar-refractivity contribution is 7.89. The van der Waals surface area contributed by atoms with E-state index in [1.807, 2.05) is 37.3 Å². The molecule has 1 fully saturated rings. The van der Waals surface area contributed by atoms with E-state index in [4.69, 9.17) is 0 Å². The van der Waals surface area contributed by atoms with Gasteiger partial charge in [-0.3, -0.25) is 4.79 Å². The summed E-state index contributed by atoms with van der Waals surface area (Å²) >= 11 is 0. The fraction of sp³-hybridized carbons (Fsp3) is 0.588. The standard InChI is InChI=1S/C17H26N2O3S/c1-3-4-14-23(21,22)19-12-10-15(11-13-19)17(20)18(2)16-8-6-5-7-9-16/h5-9,15H,3-4,10-14H2,1-2H3. The molecular formula is C17H26N2O3S. The molecule has 2 rings (SSSR count). The van der Waals surface area contributed by atoms with Crippen molar-refractivity contribution in [1.82, 2.24) is 4.31 Å². The van der Waals surface area contributed by atoms with Crippen molar-refractivity contribution in [2.45, 2.75) is 32.6 Å². The van der Waals surface area contributed by atoms with Gasteiger partial charge in [-0.2, -0.15) is 0 Å². The normalized spacial score (nSPS) is 17.1. The molecule has 1 saturated heterocycles. The lowest BCUT2D eigenvalue weighted by atomic mass is 9.96. The number of sulfonamides is 1. The van der Waals surface area contributed by atoms with Gasteiger partial charge in [-0.15, -0.1) is 0 Å². The molecule has 1 aliphatic rings. The van der Waals surface area contributed by atoms with Crippen molar-refractivity contribution in [2.75, 3.05) is 30.8 Å². The summed E-state index contributed by atoms with van der Waals surface area (Å²) in [4.78, 5) is 14.3. The summed E-state index contributed by atoms with van der Waals surface area (Å²) in [5.41, 5.74) is 0.871. The van der Waals surface area contributed by atoms with E-state index in [2.05, 4.69) is 0 Å². The van der Waals surface area contributed by atoms with Crippen molar-refractivity contribution in [2.24, 2.45) is 5.92 Å². The Balaban J connectivity index is 1.92. The van der Waals surface area contributed by atoms with Crippen LogP contribution in [0.5, 0.6) is 0 Å². The number of rotatable bonds is 6. The zero-order valence-corrected chi connectivity index (χ0v) is 14.8. The molecule has 0 atom stereocenters. The van der Waals surface area contributed by atoms with Crippen LogP contribution in [-0.2, 0) is 14.8 Å². The number of piperidine rings is 1. The van der Waals surface area contributed by atoms with Gasteiger partial charge in [0.1, 0.15) is 0 Å². The molecule has 0 bridgehead atoms. The van der Waals surface area contributed by atoms with Gasteiger partial charge in [0.15, 0.2) is 0 Å². The van der Waals surface area contributed by atoms with Gasteiger partial charge in [-0.25, -0.2) is 12.7 Å². The summed E-state index contributed by atoms with van der Waals surface area (Å²) in [6.07, 6.45) is 2.76. The van der Waals surface area contributed by atoms with Crippen molar-refractivity contribution in [3.05, 3.63) is 30.3 Å². The minimum absolute atomic E-state index is 0.0711. The quantitative estimate of drug-likeness (QED) is 0.801. The molecule has 0 N–H and O–H groups in total. The van der Waals surface area contributed by atoms with Crippen LogP contribution in [0.3, 0.4) is 0 Å². The summed E-state index contributed by atoms with van der Waals surface area (Å²) < 4.78 is 26.0. The first-order valence-electron chi connectivity index (χ1n) is 8.26. The minimum Gasteiger partial charge on any atom is -0.315 e. The van der Waals surface area contributed by atoms with Crippen molar-refractivity contribution in [3.8, 4) is 0 Å². The molecule has 0 saturated carbocycles. The number of carbonyl (C=O) groups is 1. The number of unbranched alkanes of at least 4 members (excludes halogenated alkanes) is 1. The number of para-hydroxylation sites is 1. The minimum atomic E-state index is -3.16. The van der Waals surface area contributed by atoms with Crippen LogP contribution in [0.4, 0.5) is 5.69 Å². The SMILES string of the molecule is CCCCS(=O)(=O)N1CCC(C(=O)N(C)c2ccccc2)CC1. The third-order valence-corrected chi connectivity index (χ3v) is 6.38. The molecule has 1 aromatic carbocycles. The molecule has 1 aromatic rings. The molecule has 6 heteroatoms. The Kier molecular flexibility index (Phi) is 6.18. The first-order valence-corrected chi connectivity index (χ1v) is 9.87. The van der Waals surface area contributed by atoms with Gasteiger partial charge in [0.2, 0.25) is 15.9 Å². The van der Waals surface area contributed by atoms with Crippen molar-refractivity contribution < 1.29 is 13.2 Å². The Bertz CT molecular complexity index is 608.